The lowest BCUT2D eigenvalue weighted by Gasteiger charge is -2.28. The molecule has 0 spiro atoms. The van der Waals surface area contributed by atoms with Crippen molar-refractivity contribution < 1.29 is 23.8 Å². The molecule has 5 nitrogen and oxygen atoms in total. The fraction of sp³-hybridized carbons (Fsp3) is 0.857. The third-order valence-corrected chi connectivity index (χ3v) is 4.49. The Kier molecular flexibility index (Phi) is 3.73. The highest BCUT2D eigenvalue weighted by atomic mass is 16.6. The normalized spacial score (nSPS) is 40.9. The molecule has 0 bridgehead atoms. The van der Waals surface area contributed by atoms with Crippen molar-refractivity contribution in [2.75, 3.05) is 0 Å². The van der Waals surface area contributed by atoms with E-state index in [1.807, 2.05) is 0 Å². The molecule has 3 aliphatic rings. The molecule has 19 heavy (non-hydrogen) atoms. The average molecular weight is 268 g/mol. The first-order valence-electron chi connectivity index (χ1n) is 7.21. The minimum atomic E-state index is -0.0614. The number of rotatable bonds is 4. The Hall–Kier alpha value is -1.10. The molecule has 0 amide bonds. The van der Waals surface area contributed by atoms with Gasteiger partial charge in [-0.2, -0.15) is 0 Å². The van der Waals surface area contributed by atoms with Crippen molar-refractivity contribution in [2.45, 2.75) is 69.4 Å². The molecule has 0 N–H and O–H groups in total. The van der Waals surface area contributed by atoms with Crippen LogP contribution < -0.4 is 0 Å². The second-order valence-electron chi connectivity index (χ2n) is 5.79. The van der Waals surface area contributed by atoms with Crippen LogP contribution in [0.15, 0.2) is 0 Å². The maximum absolute atomic E-state index is 12.1. The van der Waals surface area contributed by atoms with Gasteiger partial charge in [-0.1, -0.05) is 0 Å². The summed E-state index contributed by atoms with van der Waals surface area (Å²) < 4.78 is 16.0. The van der Waals surface area contributed by atoms with E-state index in [1.165, 1.54) is 0 Å². The quantitative estimate of drug-likeness (QED) is 0.440. The van der Waals surface area contributed by atoms with Crippen LogP contribution in [0.4, 0.5) is 0 Å². The van der Waals surface area contributed by atoms with Crippen LogP contribution in [-0.4, -0.2) is 36.9 Å². The van der Waals surface area contributed by atoms with Crippen molar-refractivity contribution in [3.8, 4) is 0 Å². The second kappa shape index (κ2) is 5.49. The van der Waals surface area contributed by atoms with Gasteiger partial charge in [0.1, 0.15) is 12.2 Å². The number of ether oxygens (including phenoxy) is 3. The highest BCUT2D eigenvalue weighted by molar-refractivity contribution is 5.73. The van der Waals surface area contributed by atoms with Crippen LogP contribution in [-0.2, 0) is 23.8 Å². The predicted molar refractivity (Wildman–Crippen MR) is 65.3 cm³/mol. The van der Waals surface area contributed by atoms with Crippen LogP contribution in [0.25, 0.3) is 0 Å². The summed E-state index contributed by atoms with van der Waals surface area (Å²) in [5.74, 6) is -0.0404. The molecule has 1 aliphatic heterocycles. The summed E-state index contributed by atoms with van der Waals surface area (Å²) in [7, 11) is 0. The number of epoxide rings is 1. The van der Waals surface area contributed by atoms with Crippen molar-refractivity contribution >= 4 is 12.4 Å². The van der Waals surface area contributed by atoms with E-state index >= 15 is 0 Å². The molecule has 0 aromatic carbocycles. The van der Waals surface area contributed by atoms with Crippen LogP contribution in [0.2, 0.25) is 0 Å². The lowest BCUT2D eigenvalue weighted by Crippen LogP contribution is -2.32. The van der Waals surface area contributed by atoms with Gasteiger partial charge in [0.15, 0.2) is 0 Å². The van der Waals surface area contributed by atoms with Crippen molar-refractivity contribution in [1.82, 2.24) is 0 Å². The van der Waals surface area contributed by atoms with Gasteiger partial charge in [0.2, 0.25) is 0 Å². The second-order valence-corrected chi connectivity index (χ2v) is 5.79. The number of hydrogen-bond donors (Lipinski definition) is 0. The number of carbonyl (C=O) groups is 2. The standard InChI is InChI=1S/C14H20O5/c15-8-17-10-2-4-11(5-3-10)18-14(16)9-1-6-12-13(7-9)19-12/h8-13H,1-7H2. The first-order valence-corrected chi connectivity index (χ1v) is 7.21. The van der Waals surface area contributed by atoms with Crippen molar-refractivity contribution in [3.63, 3.8) is 0 Å². The van der Waals surface area contributed by atoms with Gasteiger partial charge in [-0.05, 0) is 44.9 Å². The Balaban J connectivity index is 1.41. The Morgan fingerprint density at radius 3 is 2.42 bits per heavy atom. The van der Waals surface area contributed by atoms with E-state index in [1.54, 1.807) is 0 Å². The molecule has 1 saturated heterocycles. The van der Waals surface area contributed by atoms with Gasteiger partial charge >= 0.3 is 5.97 Å². The Morgan fingerprint density at radius 2 is 1.74 bits per heavy atom. The zero-order valence-electron chi connectivity index (χ0n) is 11.0. The van der Waals surface area contributed by atoms with Crippen molar-refractivity contribution in [3.05, 3.63) is 0 Å². The molecular formula is C14H20O5. The van der Waals surface area contributed by atoms with Crippen LogP contribution in [0, 0.1) is 5.92 Å². The third kappa shape index (κ3) is 3.08. The molecule has 5 heteroatoms. The largest absolute Gasteiger partial charge is 0.465 e. The zero-order chi connectivity index (χ0) is 13.2. The average Bonchev–Trinajstić information content (AvgIpc) is 3.19. The molecule has 2 saturated carbocycles. The molecule has 3 atom stereocenters. The lowest BCUT2D eigenvalue weighted by molar-refractivity contribution is -0.159. The van der Waals surface area contributed by atoms with E-state index < -0.39 is 0 Å². The summed E-state index contributed by atoms with van der Waals surface area (Å²) in [6.45, 7) is 0.505. The maximum atomic E-state index is 12.1. The first kappa shape index (κ1) is 12.9. The lowest BCUT2D eigenvalue weighted by atomic mass is 9.89. The number of hydrogen-bond acceptors (Lipinski definition) is 5. The van der Waals surface area contributed by atoms with Crippen LogP contribution in [0.5, 0.6) is 0 Å². The number of esters is 1. The monoisotopic (exact) mass is 268 g/mol. The van der Waals surface area contributed by atoms with Crippen LogP contribution in [0.3, 0.4) is 0 Å². The third-order valence-electron chi connectivity index (χ3n) is 4.49. The fourth-order valence-corrected chi connectivity index (χ4v) is 3.24. The van der Waals surface area contributed by atoms with Gasteiger partial charge in [0, 0.05) is 0 Å². The van der Waals surface area contributed by atoms with Crippen molar-refractivity contribution in [1.29, 1.82) is 0 Å². The Labute approximate surface area is 112 Å². The summed E-state index contributed by atoms with van der Waals surface area (Å²) in [5, 5.41) is 0. The molecule has 1 heterocycles. The van der Waals surface area contributed by atoms with Gasteiger partial charge < -0.3 is 14.2 Å². The zero-order valence-corrected chi connectivity index (χ0v) is 11.0. The SMILES string of the molecule is O=COC1CCC(OC(=O)C2CCC3OC3C2)CC1. The summed E-state index contributed by atoms with van der Waals surface area (Å²) in [4.78, 5) is 22.3. The minimum Gasteiger partial charge on any atom is -0.465 e. The summed E-state index contributed by atoms with van der Waals surface area (Å²) >= 11 is 0. The molecule has 0 radical (unpaired) electrons. The number of fused-ring (bicyclic) bond motifs is 1. The van der Waals surface area contributed by atoms with E-state index in [9.17, 15) is 9.59 Å². The maximum Gasteiger partial charge on any atom is 0.309 e. The van der Waals surface area contributed by atoms with E-state index in [0.29, 0.717) is 18.7 Å². The highest BCUT2D eigenvalue weighted by Gasteiger charge is 2.46. The van der Waals surface area contributed by atoms with Crippen LogP contribution in [0.1, 0.15) is 44.9 Å². The molecular weight excluding hydrogens is 248 g/mol. The van der Waals surface area contributed by atoms with E-state index in [-0.39, 0.29) is 24.1 Å². The van der Waals surface area contributed by atoms with E-state index in [0.717, 1.165) is 44.9 Å². The van der Waals surface area contributed by atoms with Crippen molar-refractivity contribution in [2.24, 2.45) is 5.92 Å². The minimum absolute atomic E-state index is 0.00255. The van der Waals surface area contributed by atoms with E-state index in [2.05, 4.69) is 0 Å². The molecule has 3 unspecified atom stereocenters. The van der Waals surface area contributed by atoms with Gasteiger partial charge in [-0.15, -0.1) is 0 Å². The molecule has 2 aliphatic carbocycles. The summed E-state index contributed by atoms with van der Waals surface area (Å²) in [6, 6.07) is 0. The highest BCUT2D eigenvalue weighted by Crippen LogP contribution is 2.40. The molecule has 3 fully saturated rings. The Bertz CT molecular complexity index is 348. The smallest absolute Gasteiger partial charge is 0.309 e. The topological polar surface area (TPSA) is 65.1 Å². The van der Waals surface area contributed by atoms with Gasteiger partial charge in [-0.3, -0.25) is 9.59 Å². The van der Waals surface area contributed by atoms with Gasteiger partial charge in [0.25, 0.3) is 6.47 Å². The fourth-order valence-electron chi connectivity index (χ4n) is 3.24. The molecule has 0 aromatic rings. The molecule has 3 rings (SSSR count). The number of carbonyl (C=O) groups excluding carboxylic acids is 2. The first-order chi connectivity index (χ1) is 9.26. The van der Waals surface area contributed by atoms with Gasteiger partial charge in [0.05, 0.1) is 18.1 Å². The molecule has 0 aromatic heterocycles. The van der Waals surface area contributed by atoms with Crippen LogP contribution >= 0.6 is 0 Å². The summed E-state index contributed by atoms with van der Waals surface area (Å²) in [6.07, 6.45) is 6.59. The van der Waals surface area contributed by atoms with E-state index in [4.69, 9.17) is 14.2 Å². The van der Waals surface area contributed by atoms with Gasteiger partial charge in [-0.25, -0.2) is 0 Å². The summed E-state index contributed by atoms with van der Waals surface area (Å²) in [5.41, 5.74) is 0. The molecule has 106 valence electrons. The predicted octanol–water partition coefficient (Wildman–Crippen LogP) is 1.58. The Morgan fingerprint density at radius 1 is 1.00 bits per heavy atom.